The van der Waals surface area contributed by atoms with Crippen molar-refractivity contribution in [3.63, 3.8) is 0 Å². The van der Waals surface area contributed by atoms with Crippen LogP contribution in [0.25, 0.3) is 11.0 Å². The molecular weight excluding hydrogens is 322 g/mol. The summed E-state index contributed by atoms with van der Waals surface area (Å²) in [5.41, 5.74) is -0.240. The second-order valence-electron chi connectivity index (χ2n) is 5.69. The van der Waals surface area contributed by atoms with Crippen LogP contribution in [0, 0.1) is 0 Å². The van der Waals surface area contributed by atoms with Gasteiger partial charge in [0, 0.05) is 18.5 Å². The lowest BCUT2D eigenvalue weighted by atomic mass is 10.1. The average molecular weight is 345 g/mol. The van der Waals surface area contributed by atoms with Gasteiger partial charge >= 0.3 is 11.6 Å². The topological polar surface area (TPSA) is 76.8 Å². The first-order chi connectivity index (χ1) is 12.1. The molecular formula is C19H23NO5. The molecule has 0 unspecified atom stereocenters. The SMILES string of the molecule is CCCCN(CCC(=O)OCC)C(=O)c1cc2ccccc2oc1=O. The van der Waals surface area contributed by atoms with E-state index in [4.69, 9.17) is 9.15 Å². The fourth-order valence-corrected chi connectivity index (χ4v) is 2.50. The van der Waals surface area contributed by atoms with E-state index in [2.05, 4.69) is 0 Å². The van der Waals surface area contributed by atoms with Crippen LogP contribution in [0.5, 0.6) is 0 Å². The zero-order valence-corrected chi connectivity index (χ0v) is 14.6. The Labute approximate surface area is 146 Å². The number of esters is 1. The largest absolute Gasteiger partial charge is 0.466 e. The molecule has 0 aliphatic heterocycles. The standard InChI is InChI=1S/C19H23NO5/c1-3-5-11-20(12-10-17(21)24-4-2)18(22)15-13-14-8-6-7-9-16(14)25-19(15)23/h6-9,13H,3-5,10-12H2,1-2H3. The molecule has 6 nitrogen and oxygen atoms in total. The van der Waals surface area contributed by atoms with Gasteiger partial charge in [0.2, 0.25) is 0 Å². The van der Waals surface area contributed by atoms with Gasteiger partial charge in [-0.2, -0.15) is 0 Å². The lowest BCUT2D eigenvalue weighted by Gasteiger charge is -2.21. The van der Waals surface area contributed by atoms with Gasteiger partial charge in [0.25, 0.3) is 5.91 Å². The predicted octanol–water partition coefficient (Wildman–Crippen LogP) is 2.99. The highest BCUT2D eigenvalue weighted by Gasteiger charge is 2.21. The molecule has 1 aromatic heterocycles. The monoisotopic (exact) mass is 345 g/mol. The Kier molecular flexibility index (Phi) is 6.74. The van der Waals surface area contributed by atoms with Crippen molar-refractivity contribution >= 4 is 22.8 Å². The van der Waals surface area contributed by atoms with Gasteiger partial charge in [0.05, 0.1) is 13.0 Å². The molecule has 0 saturated carbocycles. The molecule has 2 aromatic rings. The molecule has 6 heteroatoms. The molecule has 1 heterocycles. The van der Waals surface area contributed by atoms with Gasteiger partial charge in [-0.05, 0) is 25.5 Å². The summed E-state index contributed by atoms with van der Waals surface area (Å²) in [5.74, 6) is -0.778. The predicted molar refractivity (Wildman–Crippen MR) is 94.5 cm³/mol. The number of ether oxygens (including phenoxy) is 1. The summed E-state index contributed by atoms with van der Waals surface area (Å²) >= 11 is 0. The summed E-state index contributed by atoms with van der Waals surface area (Å²) < 4.78 is 10.1. The molecule has 0 radical (unpaired) electrons. The van der Waals surface area contributed by atoms with Crippen molar-refractivity contribution in [2.75, 3.05) is 19.7 Å². The van der Waals surface area contributed by atoms with Crippen LogP contribution in [0.15, 0.2) is 39.5 Å². The second kappa shape index (κ2) is 9.01. The maximum atomic E-state index is 12.8. The van der Waals surface area contributed by atoms with E-state index in [0.717, 1.165) is 12.8 Å². The number of benzene rings is 1. The smallest absolute Gasteiger partial charge is 0.349 e. The first kappa shape index (κ1) is 18.7. The Bertz CT molecular complexity index is 796. The fraction of sp³-hybridized carbons (Fsp3) is 0.421. The Morgan fingerprint density at radius 2 is 1.92 bits per heavy atom. The number of amides is 1. The van der Waals surface area contributed by atoms with Gasteiger partial charge < -0.3 is 14.1 Å². The van der Waals surface area contributed by atoms with Gasteiger partial charge in [-0.15, -0.1) is 0 Å². The van der Waals surface area contributed by atoms with Crippen LogP contribution in [0.1, 0.15) is 43.5 Å². The minimum absolute atomic E-state index is 0.0151. The third-order valence-electron chi connectivity index (χ3n) is 3.83. The number of hydrogen-bond acceptors (Lipinski definition) is 5. The van der Waals surface area contributed by atoms with Crippen LogP contribution in [0.3, 0.4) is 0 Å². The molecule has 0 aliphatic carbocycles. The molecule has 0 fully saturated rings. The van der Waals surface area contributed by atoms with Crippen LogP contribution < -0.4 is 5.63 Å². The van der Waals surface area contributed by atoms with E-state index in [0.29, 0.717) is 24.1 Å². The summed E-state index contributed by atoms with van der Waals surface area (Å²) in [4.78, 5) is 38.1. The van der Waals surface area contributed by atoms with Crippen molar-refractivity contribution < 1.29 is 18.7 Å². The first-order valence-electron chi connectivity index (χ1n) is 8.54. The third kappa shape index (κ3) is 4.92. The van der Waals surface area contributed by atoms with Crippen LogP contribution in [-0.4, -0.2) is 36.5 Å². The highest BCUT2D eigenvalue weighted by Crippen LogP contribution is 2.14. The van der Waals surface area contributed by atoms with E-state index in [1.54, 1.807) is 31.2 Å². The second-order valence-corrected chi connectivity index (χ2v) is 5.69. The average Bonchev–Trinajstić information content (AvgIpc) is 2.61. The minimum atomic E-state index is -0.665. The molecule has 25 heavy (non-hydrogen) atoms. The van der Waals surface area contributed by atoms with Gasteiger partial charge in [-0.1, -0.05) is 31.5 Å². The van der Waals surface area contributed by atoms with E-state index < -0.39 is 11.5 Å². The van der Waals surface area contributed by atoms with E-state index in [1.807, 2.05) is 13.0 Å². The van der Waals surface area contributed by atoms with Crippen LogP contribution in [0.2, 0.25) is 0 Å². The molecule has 2 rings (SSSR count). The molecule has 0 saturated heterocycles. The zero-order chi connectivity index (χ0) is 18.2. The van der Waals surface area contributed by atoms with Crippen molar-refractivity contribution in [1.82, 2.24) is 4.90 Å². The summed E-state index contributed by atoms with van der Waals surface area (Å²) in [6.45, 7) is 4.73. The lowest BCUT2D eigenvalue weighted by Crippen LogP contribution is -2.36. The summed E-state index contributed by atoms with van der Waals surface area (Å²) in [6, 6.07) is 8.59. The molecule has 0 bridgehead atoms. The highest BCUT2D eigenvalue weighted by atomic mass is 16.5. The Morgan fingerprint density at radius 1 is 1.16 bits per heavy atom. The normalized spacial score (nSPS) is 10.6. The van der Waals surface area contributed by atoms with Crippen LogP contribution in [0.4, 0.5) is 0 Å². The summed E-state index contributed by atoms with van der Waals surface area (Å²) in [5, 5.41) is 0.686. The lowest BCUT2D eigenvalue weighted by molar-refractivity contribution is -0.143. The number of fused-ring (bicyclic) bond motifs is 1. The van der Waals surface area contributed by atoms with Gasteiger partial charge in [-0.3, -0.25) is 9.59 Å². The van der Waals surface area contributed by atoms with Gasteiger partial charge in [0.15, 0.2) is 0 Å². The maximum Gasteiger partial charge on any atom is 0.349 e. The van der Waals surface area contributed by atoms with E-state index in [9.17, 15) is 14.4 Å². The molecule has 0 atom stereocenters. The van der Waals surface area contributed by atoms with E-state index in [1.165, 1.54) is 4.90 Å². The summed E-state index contributed by atoms with van der Waals surface area (Å²) in [7, 11) is 0. The number of carbonyl (C=O) groups excluding carboxylic acids is 2. The minimum Gasteiger partial charge on any atom is -0.466 e. The Hall–Kier alpha value is -2.63. The van der Waals surface area contributed by atoms with Gasteiger partial charge in [-0.25, -0.2) is 4.79 Å². The molecule has 134 valence electrons. The van der Waals surface area contributed by atoms with Crippen molar-refractivity contribution in [3.05, 3.63) is 46.3 Å². The van der Waals surface area contributed by atoms with Crippen LogP contribution in [-0.2, 0) is 9.53 Å². The number of unbranched alkanes of at least 4 members (excludes halogenated alkanes) is 1. The summed E-state index contributed by atoms with van der Waals surface area (Å²) in [6.07, 6.45) is 1.78. The Morgan fingerprint density at radius 3 is 2.64 bits per heavy atom. The number of hydrogen-bond donors (Lipinski definition) is 0. The van der Waals surface area contributed by atoms with Gasteiger partial charge in [0.1, 0.15) is 11.1 Å². The highest BCUT2D eigenvalue weighted by molar-refractivity contribution is 5.96. The zero-order valence-electron chi connectivity index (χ0n) is 14.6. The third-order valence-corrected chi connectivity index (χ3v) is 3.83. The molecule has 0 N–H and O–H groups in total. The number of nitrogens with zero attached hydrogens (tertiary/aromatic N) is 1. The van der Waals surface area contributed by atoms with E-state index >= 15 is 0 Å². The number of rotatable bonds is 8. The fourth-order valence-electron chi connectivity index (χ4n) is 2.50. The Balaban J connectivity index is 2.24. The first-order valence-corrected chi connectivity index (χ1v) is 8.54. The van der Waals surface area contributed by atoms with Crippen LogP contribution >= 0.6 is 0 Å². The van der Waals surface area contributed by atoms with Crippen molar-refractivity contribution in [3.8, 4) is 0 Å². The van der Waals surface area contributed by atoms with Crippen molar-refractivity contribution in [1.29, 1.82) is 0 Å². The van der Waals surface area contributed by atoms with Crippen molar-refractivity contribution in [2.45, 2.75) is 33.1 Å². The number of para-hydroxylation sites is 1. The molecule has 0 spiro atoms. The van der Waals surface area contributed by atoms with Crippen molar-refractivity contribution in [2.24, 2.45) is 0 Å². The molecule has 1 aromatic carbocycles. The van der Waals surface area contributed by atoms with E-state index in [-0.39, 0.29) is 24.5 Å². The number of carbonyl (C=O) groups is 2. The maximum absolute atomic E-state index is 12.8. The molecule has 0 aliphatic rings. The quantitative estimate of drug-likeness (QED) is 0.543. The molecule has 1 amide bonds.